The van der Waals surface area contributed by atoms with Gasteiger partial charge in [-0.2, -0.15) is 5.10 Å². The SMILES string of the molecule is CCN(CC)CC#CCOc1ccc(C(N)=O)cc1.CN1CC[C@@H](c2n[nH]c(=O)s2)C1. The highest BCUT2D eigenvalue weighted by Crippen LogP contribution is 2.25. The van der Waals surface area contributed by atoms with Crippen LogP contribution in [0.25, 0.3) is 0 Å². The van der Waals surface area contributed by atoms with E-state index in [2.05, 4.69) is 52.7 Å². The number of rotatable bonds is 7. The molecule has 0 bridgehead atoms. The molecule has 3 rings (SSSR count). The van der Waals surface area contributed by atoms with Gasteiger partial charge in [-0.1, -0.05) is 37.0 Å². The number of aromatic amines is 1. The Hall–Kier alpha value is -2.67. The number of carbonyl (C=O) groups excluding carboxylic acids is 1. The molecule has 2 aromatic rings. The highest BCUT2D eigenvalue weighted by Gasteiger charge is 2.23. The molecule has 1 aromatic heterocycles. The Morgan fingerprint density at radius 2 is 2.03 bits per heavy atom. The van der Waals surface area contributed by atoms with Crippen LogP contribution in [0.15, 0.2) is 29.1 Å². The molecule has 1 aliphatic rings. The van der Waals surface area contributed by atoms with Crippen molar-refractivity contribution in [3.8, 4) is 17.6 Å². The summed E-state index contributed by atoms with van der Waals surface area (Å²) >= 11 is 1.24. The molecular weight excluding hydrogens is 414 g/mol. The molecule has 0 spiro atoms. The Morgan fingerprint density at radius 1 is 1.32 bits per heavy atom. The van der Waals surface area contributed by atoms with Crippen molar-refractivity contribution in [2.75, 3.05) is 46.4 Å². The lowest BCUT2D eigenvalue weighted by Crippen LogP contribution is -2.22. The number of likely N-dealkylation sites (tertiary alicyclic amines) is 1. The van der Waals surface area contributed by atoms with Crippen molar-refractivity contribution < 1.29 is 9.53 Å². The van der Waals surface area contributed by atoms with Gasteiger partial charge in [0.2, 0.25) is 5.91 Å². The van der Waals surface area contributed by atoms with Crippen molar-refractivity contribution in [1.29, 1.82) is 0 Å². The summed E-state index contributed by atoms with van der Waals surface area (Å²) < 4.78 is 5.45. The van der Waals surface area contributed by atoms with Crippen molar-refractivity contribution in [2.24, 2.45) is 5.73 Å². The molecule has 9 heteroatoms. The lowest BCUT2D eigenvalue weighted by molar-refractivity contribution is 0.100. The van der Waals surface area contributed by atoms with Crippen LogP contribution < -0.4 is 15.3 Å². The number of ether oxygens (including phenoxy) is 1. The minimum absolute atomic E-state index is 0.0421. The molecule has 1 saturated heterocycles. The summed E-state index contributed by atoms with van der Waals surface area (Å²) in [5, 5.41) is 7.40. The molecule has 1 aromatic carbocycles. The van der Waals surface area contributed by atoms with E-state index in [1.54, 1.807) is 24.3 Å². The first kappa shape index (κ1) is 24.6. The summed E-state index contributed by atoms with van der Waals surface area (Å²) in [6.45, 7) is 9.47. The number of nitrogens with two attached hydrogens (primary N) is 1. The quantitative estimate of drug-likeness (QED) is 0.630. The average molecular weight is 446 g/mol. The van der Waals surface area contributed by atoms with Gasteiger partial charge in [-0.3, -0.25) is 14.5 Å². The van der Waals surface area contributed by atoms with E-state index in [0.29, 0.717) is 23.8 Å². The van der Waals surface area contributed by atoms with Gasteiger partial charge >= 0.3 is 4.87 Å². The third-order valence-corrected chi connectivity index (χ3v) is 5.88. The number of nitrogens with one attached hydrogen (secondary N) is 1. The van der Waals surface area contributed by atoms with E-state index in [9.17, 15) is 9.59 Å². The summed E-state index contributed by atoms with van der Waals surface area (Å²) in [5.41, 5.74) is 5.62. The number of primary amides is 1. The maximum absolute atomic E-state index is 10.9. The first-order valence-corrected chi connectivity index (χ1v) is 11.2. The van der Waals surface area contributed by atoms with Gasteiger partial charge in [0, 0.05) is 18.0 Å². The third-order valence-electron chi connectivity index (χ3n) is 4.97. The van der Waals surface area contributed by atoms with Crippen molar-refractivity contribution in [3.05, 3.63) is 44.5 Å². The second-order valence-electron chi connectivity index (χ2n) is 7.19. The zero-order valence-corrected chi connectivity index (χ0v) is 19.2. The summed E-state index contributed by atoms with van der Waals surface area (Å²) in [5.74, 6) is 6.74. The molecule has 1 fully saturated rings. The number of nitrogens with zero attached hydrogens (tertiary/aromatic N) is 3. The zero-order chi connectivity index (χ0) is 22.6. The predicted octanol–water partition coefficient (Wildman–Crippen LogP) is 1.76. The fourth-order valence-electron chi connectivity index (χ4n) is 3.05. The van der Waals surface area contributed by atoms with Gasteiger partial charge in [-0.15, -0.1) is 0 Å². The van der Waals surface area contributed by atoms with Crippen LogP contribution in [0.5, 0.6) is 5.75 Å². The van der Waals surface area contributed by atoms with Gasteiger partial charge in [-0.05, 0) is 57.4 Å². The molecule has 0 aliphatic carbocycles. The van der Waals surface area contributed by atoms with E-state index in [1.807, 2.05) is 0 Å². The maximum Gasteiger partial charge on any atom is 0.322 e. The van der Waals surface area contributed by atoms with Gasteiger partial charge in [-0.25, -0.2) is 5.10 Å². The fourth-order valence-corrected chi connectivity index (χ4v) is 3.78. The van der Waals surface area contributed by atoms with Crippen LogP contribution in [-0.4, -0.2) is 72.3 Å². The van der Waals surface area contributed by atoms with E-state index in [-0.39, 0.29) is 4.87 Å². The Morgan fingerprint density at radius 3 is 2.55 bits per heavy atom. The monoisotopic (exact) mass is 445 g/mol. The van der Waals surface area contributed by atoms with E-state index in [0.717, 1.165) is 44.2 Å². The Kier molecular flexibility index (Phi) is 10.2. The van der Waals surface area contributed by atoms with Crippen LogP contribution in [0.3, 0.4) is 0 Å². The molecule has 3 N–H and O–H groups in total. The standard InChI is InChI=1S/C15H20N2O2.C7H11N3OS/c1-3-17(4-2)11-5-6-12-19-14-9-7-13(8-10-14)15(16)18;1-10-3-2-5(4-10)6-8-9-7(11)12-6/h7-10H,3-4,11-12H2,1-2H3,(H2,16,18);5H,2-4H2,1H3,(H,9,11)/t;5-/m.1/s1. The Bertz CT molecular complexity index is 925. The first-order chi connectivity index (χ1) is 14.9. The van der Waals surface area contributed by atoms with Crippen molar-refractivity contribution >= 4 is 17.2 Å². The van der Waals surface area contributed by atoms with E-state index >= 15 is 0 Å². The number of likely N-dealkylation sites (N-methyl/N-ethyl adjacent to an activating group) is 1. The van der Waals surface area contributed by atoms with Crippen molar-refractivity contribution in [3.63, 3.8) is 0 Å². The molecule has 31 heavy (non-hydrogen) atoms. The van der Waals surface area contributed by atoms with Crippen LogP contribution >= 0.6 is 11.3 Å². The van der Waals surface area contributed by atoms with E-state index in [1.165, 1.54) is 11.3 Å². The smallest absolute Gasteiger partial charge is 0.322 e. The number of benzene rings is 1. The van der Waals surface area contributed by atoms with Crippen LogP contribution in [0, 0.1) is 11.8 Å². The topological polar surface area (TPSA) is 105 Å². The number of amides is 1. The van der Waals surface area contributed by atoms with Crippen LogP contribution in [-0.2, 0) is 0 Å². The van der Waals surface area contributed by atoms with Crippen LogP contribution in [0.2, 0.25) is 0 Å². The minimum atomic E-state index is -0.439. The van der Waals surface area contributed by atoms with Gasteiger partial charge < -0.3 is 15.4 Å². The van der Waals surface area contributed by atoms with E-state index in [4.69, 9.17) is 10.5 Å². The molecule has 8 nitrogen and oxygen atoms in total. The molecule has 0 saturated carbocycles. The lowest BCUT2D eigenvalue weighted by Gasteiger charge is -2.13. The van der Waals surface area contributed by atoms with Gasteiger partial charge in [0.15, 0.2) is 0 Å². The molecule has 0 unspecified atom stereocenters. The summed E-state index contributed by atoms with van der Waals surface area (Å²) in [6, 6.07) is 6.71. The Balaban J connectivity index is 0.000000242. The largest absolute Gasteiger partial charge is 0.481 e. The number of hydrogen-bond acceptors (Lipinski definition) is 7. The van der Waals surface area contributed by atoms with Crippen LogP contribution in [0.1, 0.15) is 41.6 Å². The lowest BCUT2D eigenvalue weighted by atomic mass is 10.1. The molecule has 2 heterocycles. The Labute approximate surface area is 187 Å². The summed E-state index contributed by atoms with van der Waals surface area (Å²) in [7, 11) is 2.09. The fraction of sp³-hybridized carbons (Fsp3) is 0.500. The maximum atomic E-state index is 10.9. The van der Waals surface area contributed by atoms with Gasteiger partial charge in [0.05, 0.1) is 6.54 Å². The molecule has 1 amide bonds. The van der Waals surface area contributed by atoms with E-state index < -0.39 is 5.91 Å². The molecule has 1 atom stereocenters. The van der Waals surface area contributed by atoms with Gasteiger partial charge in [0.25, 0.3) is 0 Å². The third kappa shape index (κ3) is 8.53. The first-order valence-electron chi connectivity index (χ1n) is 10.4. The normalized spacial score (nSPS) is 15.7. The average Bonchev–Trinajstić information content (AvgIpc) is 3.39. The summed E-state index contributed by atoms with van der Waals surface area (Å²) in [4.78, 5) is 26.2. The number of aromatic nitrogens is 2. The molecule has 1 aliphatic heterocycles. The molecular formula is C22H31N5O3S. The summed E-state index contributed by atoms with van der Waals surface area (Å²) in [6.07, 6.45) is 1.12. The van der Waals surface area contributed by atoms with Gasteiger partial charge in [0.1, 0.15) is 17.4 Å². The highest BCUT2D eigenvalue weighted by molar-refractivity contribution is 7.08. The zero-order valence-electron chi connectivity index (χ0n) is 18.4. The number of carbonyl (C=O) groups is 1. The number of hydrogen-bond donors (Lipinski definition) is 2. The predicted molar refractivity (Wildman–Crippen MR) is 124 cm³/mol. The second kappa shape index (κ2) is 12.9. The second-order valence-corrected chi connectivity index (χ2v) is 8.18. The number of H-pyrrole nitrogens is 1. The van der Waals surface area contributed by atoms with Crippen molar-refractivity contribution in [2.45, 2.75) is 26.2 Å². The molecule has 0 radical (unpaired) electrons. The highest BCUT2D eigenvalue weighted by atomic mass is 32.1. The van der Waals surface area contributed by atoms with Crippen molar-refractivity contribution in [1.82, 2.24) is 20.0 Å². The minimum Gasteiger partial charge on any atom is -0.481 e. The van der Waals surface area contributed by atoms with Crippen LogP contribution in [0.4, 0.5) is 0 Å². The molecule has 168 valence electrons.